The van der Waals surface area contributed by atoms with Gasteiger partial charge in [0.2, 0.25) is 13.6 Å². The topological polar surface area (TPSA) is 108 Å². The summed E-state index contributed by atoms with van der Waals surface area (Å²) < 4.78 is 45.0. The summed E-state index contributed by atoms with van der Waals surface area (Å²) in [6.07, 6.45) is 0. The maximum Gasteiger partial charge on any atom is 0.344 e. The maximum atomic E-state index is 13.6. The average molecular weight is 607 g/mol. The van der Waals surface area contributed by atoms with E-state index in [4.69, 9.17) is 37.9 Å². The zero-order chi connectivity index (χ0) is 27.5. The van der Waals surface area contributed by atoms with E-state index < -0.39 is 11.9 Å². The number of ether oxygens (including phenoxy) is 8. The van der Waals surface area contributed by atoms with Crippen molar-refractivity contribution >= 4 is 38.6 Å². The van der Waals surface area contributed by atoms with E-state index in [9.17, 15) is 9.59 Å². The summed E-state index contributed by atoms with van der Waals surface area (Å²) in [4.78, 5) is 26.8. The highest BCUT2D eigenvalue weighted by atomic mass is 79.9. The third-order valence-corrected chi connectivity index (χ3v) is 7.61. The number of hydrogen-bond donors (Lipinski definition) is 0. The van der Waals surface area contributed by atoms with E-state index in [1.165, 1.54) is 14.2 Å². The fourth-order valence-corrected chi connectivity index (χ4v) is 5.58. The molecule has 0 aliphatic carbocycles. The van der Waals surface area contributed by atoms with Gasteiger partial charge in [-0.25, -0.2) is 9.59 Å². The molecule has 0 saturated carbocycles. The first-order valence-electron chi connectivity index (χ1n) is 12.1. The van der Waals surface area contributed by atoms with E-state index in [2.05, 4.69) is 15.9 Å². The monoisotopic (exact) mass is 606 g/mol. The van der Waals surface area contributed by atoms with Gasteiger partial charge in [0.15, 0.2) is 34.5 Å². The molecule has 0 saturated heterocycles. The summed E-state index contributed by atoms with van der Waals surface area (Å²) >= 11 is 3.42. The molecule has 4 aromatic carbocycles. The van der Waals surface area contributed by atoms with E-state index in [0.29, 0.717) is 66.4 Å². The molecule has 11 heteroatoms. The van der Waals surface area contributed by atoms with Gasteiger partial charge in [-0.05, 0) is 63.3 Å². The molecule has 0 atom stereocenters. The summed E-state index contributed by atoms with van der Waals surface area (Å²) in [5.41, 5.74) is 2.20. The van der Waals surface area contributed by atoms with Crippen molar-refractivity contribution in [2.24, 2.45) is 0 Å². The molecule has 202 valence electrons. The molecule has 10 nitrogen and oxygen atoms in total. The number of hydrogen-bond acceptors (Lipinski definition) is 10. The number of esters is 2. The van der Waals surface area contributed by atoms with Gasteiger partial charge in [-0.1, -0.05) is 6.07 Å². The van der Waals surface area contributed by atoms with Crippen molar-refractivity contribution in [3.63, 3.8) is 0 Å². The van der Waals surface area contributed by atoms with Crippen LogP contribution in [0.3, 0.4) is 0 Å². The van der Waals surface area contributed by atoms with E-state index in [0.717, 1.165) is 0 Å². The van der Waals surface area contributed by atoms with Crippen LogP contribution < -0.4 is 33.2 Å². The molecule has 7 rings (SSSR count). The van der Waals surface area contributed by atoms with Gasteiger partial charge in [0.05, 0.1) is 25.3 Å². The zero-order valence-corrected chi connectivity index (χ0v) is 22.7. The molecule has 0 aromatic heterocycles. The van der Waals surface area contributed by atoms with Crippen LogP contribution in [0.25, 0.3) is 21.9 Å². The minimum absolute atomic E-state index is 0.0564. The summed E-state index contributed by atoms with van der Waals surface area (Å²) in [6.45, 7) is 0.0801. The minimum atomic E-state index is -0.668. The first kappa shape index (κ1) is 24.4. The Morgan fingerprint density at radius 2 is 1.43 bits per heavy atom. The number of fused-ring (bicyclic) bond motifs is 4. The second-order valence-electron chi connectivity index (χ2n) is 9.03. The molecule has 3 aliphatic heterocycles. The third-order valence-electron chi connectivity index (χ3n) is 6.95. The van der Waals surface area contributed by atoms with Crippen molar-refractivity contribution in [1.29, 1.82) is 0 Å². The van der Waals surface area contributed by atoms with Crippen molar-refractivity contribution < 1.29 is 47.5 Å². The lowest BCUT2D eigenvalue weighted by Gasteiger charge is -2.19. The van der Waals surface area contributed by atoms with Crippen LogP contribution >= 0.6 is 15.9 Å². The van der Waals surface area contributed by atoms with Gasteiger partial charge in [-0.15, -0.1) is 0 Å². The summed E-state index contributed by atoms with van der Waals surface area (Å²) in [5.74, 6) is 1.90. The van der Waals surface area contributed by atoms with E-state index in [1.54, 1.807) is 36.4 Å². The molecule has 0 fully saturated rings. The lowest BCUT2D eigenvalue weighted by molar-refractivity contribution is 0.0534. The Kier molecular flexibility index (Phi) is 5.63. The first-order valence-corrected chi connectivity index (χ1v) is 12.9. The van der Waals surface area contributed by atoms with Crippen LogP contribution in [-0.2, 0) is 11.3 Å². The first-order chi connectivity index (χ1) is 19.5. The second kappa shape index (κ2) is 9.23. The smallest absolute Gasteiger partial charge is 0.344 e. The molecule has 4 aromatic rings. The predicted octanol–water partition coefficient (Wildman–Crippen LogP) is 5.63. The van der Waals surface area contributed by atoms with Gasteiger partial charge in [0.25, 0.3) is 0 Å². The van der Waals surface area contributed by atoms with Gasteiger partial charge in [-0.3, -0.25) is 0 Å². The average Bonchev–Trinajstić information content (AvgIpc) is 3.71. The third kappa shape index (κ3) is 3.69. The SMILES string of the molecule is COc1cc2c(OC(=O)c3cc4c(cc3Br)OCO4)c3c(c(-c4ccc5c(c4)OCO5)c2cc1OC)C(=O)OC3. The summed E-state index contributed by atoms with van der Waals surface area (Å²) in [6, 6.07) is 12.1. The Morgan fingerprint density at radius 3 is 2.15 bits per heavy atom. The number of methoxy groups -OCH3 is 2. The van der Waals surface area contributed by atoms with Crippen molar-refractivity contribution in [3.8, 4) is 51.4 Å². The van der Waals surface area contributed by atoms with Crippen molar-refractivity contribution in [1.82, 2.24) is 0 Å². The molecule has 0 radical (unpaired) electrons. The molecule has 0 spiro atoms. The van der Waals surface area contributed by atoms with Crippen LogP contribution in [0.2, 0.25) is 0 Å². The molecule has 40 heavy (non-hydrogen) atoms. The number of cyclic esters (lactones) is 1. The highest BCUT2D eigenvalue weighted by Gasteiger charge is 2.35. The standard InChI is InChI=1S/C29H19BrO10/c1-33-20-6-14-15(7-21(20)34-2)27(40-28(31)16-8-23-24(9-18(16)30)39-12-38-23)17-10-35-29(32)26(17)25(14)13-3-4-19-22(5-13)37-11-36-19/h3-9H,10-12H2,1-2H3. The van der Waals surface area contributed by atoms with Gasteiger partial charge >= 0.3 is 11.9 Å². The molecule has 0 amide bonds. The molecule has 0 unspecified atom stereocenters. The Hall–Kier alpha value is -4.64. The number of carbonyl (C=O) groups excluding carboxylic acids is 2. The predicted molar refractivity (Wildman–Crippen MR) is 143 cm³/mol. The Labute approximate surface area is 235 Å². The van der Waals surface area contributed by atoms with Crippen molar-refractivity contribution in [3.05, 3.63) is 63.6 Å². The zero-order valence-electron chi connectivity index (χ0n) is 21.1. The van der Waals surface area contributed by atoms with Gasteiger partial charge in [-0.2, -0.15) is 0 Å². The number of rotatable bonds is 5. The van der Waals surface area contributed by atoms with Crippen LogP contribution in [0.1, 0.15) is 26.3 Å². The van der Waals surface area contributed by atoms with Gasteiger partial charge < -0.3 is 37.9 Å². The van der Waals surface area contributed by atoms with E-state index >= 15 is 0 Å². The quantitative estimate of drug-likeness (QED) is 0.209. The van der Waals surface area contributed by atoms with Gasteiger partial charge in [0.1, 0.15) is 12.4 Å². The minimum Gasteiger partial charge on any atom is -0.493 e. The fourth-order valence-electron chi connectivity index (χ4n) is 5.10. The molecular weight excluding hydrogens is 588 g/mol. The second-order valence-corrected chi connectivity index (χ2v) is 9.88. The lowest BCUT2D eigenvalue weighted by Crippen LogP contribution is -2.12. The Bertz CT molecular complexity index is 1760. The molecule has 0 N–H and O–H groups in total. The highest BCUT2D eigenvalue weighted by Crippen LogP contribution is 2.49. The van der Waals surface area contributed by atoms with Crippen LogP contribution in [0.15, 0.2) is 46.9 Å². The largest absolute Gasteiger partial charge is 0.493 e. The van der Waals surface area contributed by atoms with Crippen LogP contribution in [0.5, 0.6) is 40.2 Å². The van der Waals surface area contributed by atoms with Crippen LogP contribution in [0.4, 0.5) is 0 Å². The molecule has 0 bridgehead atoms. The Balaban J connectivity index is 1.47. The molecular formula is C29H19BrO10. The van der Waals surface area contributed by atoms with Gasteiger partial charge in [0, 0.05) is 21.0 Å². The lowest BCUT2D eigenvalue weighted by atomic mass is 9.89. The highest BCUT2D eigenvalue weighted by molar-refractivity contribution is 9.10. The summed E-state index contributed by atoms with van der Waals surface area (Å²) in [5, 5.41) is 1.11. The van der Waals surface area contributed by atoms with Crippen molar-refractivity contribution in [2.45, 2.75) is 6.61 Å². The molecule has 3 heterocycles. The van der Waals surface area contributed by atoms with E-state index in [-0.39, 0.29) is 37.1 Å². The number of carbonyl (C=O) groups is 2. The molecule has 3 aliphatic rings. The van der Waals surface area contributed by atoms with E-state index in [1.807, 2.05) is 6.07 Å². The Morgan fingerprint density at radius 1 is 0.775 bits per heavy atom. The van der Waals surface area contributed by atoms with Crippen LogP contribution in [0, 0.1) is 0 Å². The summed E-state index contributed by atoms with van der Waals surface area (Å²) in [7, 11) is 3.03. The normalized spacial score (nSPS) is 14.2. The van der Waals surface area contributed by atoms with Crippen molar-refractivity contribution in [2.75, 3.05) is 27.8 Å². The fraction of sp³-hybridized carbons (Fsp3) is 0.172. The maximum absolute atomic E-state index is 13.6. The number of halogens is 1. The number of benzene rings is 4. The van der Waals surface area contributed by atoms with Crippen LogP contribution in [-0.4, -0.2) is 39.7 Å².